The van der Waals surface area contributed by atoms with Gasteiger partial charge in [-0.1, -0.05) is 18.2 Å². The van der Waals surface area contributed by atoms with E-state index in [-0.39, 0.29) is 24.1 Å². The Morgan fingerprint density at radius 3 is 2.50 bits per heavy atom. The number of nitrogens with one attached hydrogen (secondary N) is 1. The van der Waals surface area contributed by atoms with Gasteiger partial charge >= 0.3 is 0 Å². The van der Waals surface area contributed by atoms with Crippen LogP contribution in [-0.4, -0.2) is 29.8 Å². The normalized spacial score (nSPS) is 11.6. The van der Waals surface area contributed by atoms with Gasteiger partial charge in [0, 0.05) is 23.3 Å². The van der Waals surface area contributed by atoms with E-state index in [9.17, 15) is 9.59 Å². The minimum absolute atomic E-state index is 0.0569. The third-order valence-corrected chi connectivity index (χ3v) is 4.41. The van der Waals surface area contributed by atoms with Gasteiger partial charge in [-0.2, -0.15) is 0 Å². The van der Waals surface area contributed by atoms with Gasteiger partial charge in [0.25, 0.3) is 0 Å². The molecule has 0 amide bonds. The largest absolute Gasteiger partial charge is 0.496 e. The Bertz CT molecular complexity index is 1110. The summed E-state index contributed by atoms with van der Waals surface area (Å²) in [6.07, 6.45) is 7.95. The standard InChI is InChI=1S/C25H25NO4/c1-17(2)30-23-11-8-20(25(16-23)29-3)7-10-22(28)15-21(27)9-5-18-4-6-19-12-13-26-24(19)14-18/h4-14,16-17,26H,15H2,1-3H3/b9-5+,10-7+. The van der Waals surface area contributed by atoms with Gasteiger partial charge in [-0.15, -0.1) is 0 Å². The zero-order valence-electron chi connectivity index (χ0n) is 17.3. The van der Waals surface area contributed by atoms with Crippen molar-refractivity contribution < 1.29 is 19.1 Å². The van der Waals surface area contributed by atoms with E-state index in [1.54, 1.807) is 25.3 Å². The highest BCUT2D eigenvalue weighted by Crippen LogP contribution is 2.26. The lowest BCUT2D eigenvalue weighted by molar-refractivity contribution is -0.121. The van der Waals surface area contributed by atoms with Gasteiger partial charge in [-0.3, -0.25) is 9.59 Å². The zero-order valence-corrected chi connectivity index (χ0v) is 17.3. The molecule has 1 aromatic heterocycles. The second kappa shape index (κ2) is 9.74. The van der Waals surface area contributed by atoms with Gasteiger partial charge in [0.2, 0.25) is 0 Å². The number of rotatable bonds is 9. The quantitative estimate of drug-likeness (QED) is 0.393. The number of ether oxygens (including phenoxy) is 2. The molecule has 0 radical (unpaired) electrons. The van der Waals surface area contributed by atoms with Crippen molar-refractivity contribution in [1.29, 1.82) is 0 Å². The SMILES string of the molecule is COc1cc(OC(C)C)ccc1/C=C/C(=O)CC(=O)/C=C/c1ccc2cc[nH]c2c1. The molecule has 154 valence electrons. The third kappa shape index (κ3) is 5.70. The second-order valence-corrected chi connectivity index (χ2v) is 7.17. The Labute approximate surface area is 176 Å². The predicted molar refractivity (Wildman–Crippen MR) is 120 cm³/mol. The Kier molecular flexibility index (Phi) is 6.86. The van der Waals surface area contributed by atoms with E-state index in [2.05, 4.69) is 4.98 Å². The smallest absolute Gasteiger partial charge is 0.163 e. The summed E-state index contributed by atoms with van der Waals surface area (Å²) in [4.78, 5) is 27.4. The Hall–Kier alpha value is -3.60. The van der Waals surface area contributed by atoms with Crippen LogP contribution in [0.15, 0.2) is 60.8 Å². The molecule has 1 N–H and O–H groups in total. The number of hydrogen-bond acceptors (Lipinski definition) is 4. The van der Waals surface area contributed by atoms with E-state index < -0.39 is 0 Å². The molecular weight excluding hydrogens is 378 g/mol. The summed E-state index contributed by atoms with van der Waals surface area (Å²) < 4.78 is 11.0. The second-order valence-electron chi connectivity index (χ2n) is 7.17. The summed E-state index contributed by atoms with van der Waals surface area (Å²) in [5.74, 6) is 0.782. The maximum absolute atomic E-state index is 12.2. The fourth-order valence-electron chi connectivity index (χ4n) is 3.01. The molecule has 1 heterocycles. The number of hydrogen-bond donors (Lipinski definition) is 1. The van der Waals surface area contributed by atoms with Crippen molar-refractivity contribution in [3.63, 3.8) is 0 Å². The van der Waals surface area contributed by atoms with E-state index in [1.165, 1.54) is 12.2 Å². The minimum Gasteiger partial charge on any atom is -0.496 e. The number of fused-ring (bicyclic) bond motifs is 1. The predicted octanol–water partition coefficient (Wildman–Crippen LogP) is 5.22. The summed E-state index contributed by atoms with van der Waals surface area (Å²) in [6.45, 7) is 3.89. The lowest BCUT2D eigenvalue weighted by Gasteiger charge is -2.12. The van der Waals surface area contributed by atoms with Crippen molar-refractivity contribution in [3.05, 3.63) is 71.9 Å². The molecule has 3 aromatic rings. The van der Waals surface area contributed by atoms with Crippen molar-refractivity contribution in [2.45, 2.75) is 26.4 Å². The van der Waals surface area contributed by atoms with Crippen LogP contribution in [0.25, 0.3) is 23.1 Å². The molecule has 30 heavy (non-hydrogen) atoms. The van der Waals surface area contributed by atoms with Crippen molar-refractivity contribution >= 4 is 34.6 Å². The number of allylic oxidation sites excluding steroid dienone is 2. The number of benzene rings is 2. The highest BCUT2D eigenvalue weighted by atomic mass is 16.5. The van der Waals surface area contributed by atoms with Gasteiger partial charge in [-0.05, 0) is 67.3 Å². The Morgan fingerprint density at radius 2 is 1.77 bits per heavy atom. The van der Waals surface area contributed by atoms with Crippen molar-refractivity contribution in [1.82, 2.24) is 4.98 Å². The Balaban J connectivity index is 1.60. The van der Waals surface area contributed by atoms with E-state index in [0.717, 1.165) is 22.0 Å². The first-order chi connectivity index (χ1) is 14.4. The molecule has 5 nitrogen and oxygen atoms in total. The lowest BCUT2D eigenvalue weighted by Crippen LogP contribution is -2.05. The molecule has 0 spiro atoms. The zero-order chi connectivity index (χ0) is 21.5. The van der Waals surface area contributed by atoms with E-state index >= 15 is 0 Å². The first-order valence-electron chi connectivity index (χ1n) is 9.78. The molecule has 0 aliphatic rings. The fraction of sp³-hybridized carbons (Fsp3) is 0.200. The molecule has 0 saturated carbocycles. The van der Waals surface area contributed by atoms with Crippen molar-refractivity contribution in [2.24, 2.45) is 0 Å². The van der Waals surface area contributed by atoms with Crippen LogP contribution in [0.4, 0.5) is 0 Å². The molecule has 5 heteroatoms. The molecule has 0 fully saturated rings. The number of carbonyl (C=O) groups excluding carboxylic acids is 2. The number of aromatic nitrogens is 1. The number of H-pyrrole nitrogens is 1. The van der Waals surface area contributed by atoms with E-state index in [1.807, 2.05) is 56.4 Å². The van der Waals surface area contributed by atoms with Crippen LogP contribution in [0, 0.1) is 0 Å². The molecule has 0 atom stereocenters. The summed E-state index contributed by atoms with van der Waals surface area (Å²) in [6, 6.07) is 13.3. The number of carbonyl (C=O) groups is 2. The third-order valence-electron chi connectivity index (χ3n) is 4.41. The first kappa shape index (κ1) is 21.1. The summed E-state index contributed by atoms with van der Waals surface area (Å²) in [7, 11) is 1.56. The van der Waals surface area contributed by atoms with Crippen molar-refractivity contribution in [2.75, 3.05) is 7.11 Å². The number of methoxy groups -OCH3 is 1. The van der Waals surface area contributed by atoms with Crippen molar-refractivity contribution in [3.8, 4) is 11.5 Å². The molecule has 0 aliphatic carbocycles. The number of aromatic amines is 1. The Morgan fingerprint density at radius 1 is 1.00 bits per heavy atom. The maximum Gasteiger partial charge on any atom is 0.163 e. The van der Waals surface area contributed by atoms with Crippen LogP contribution in [0.5, 0.6) is 11.5 Å². The van der Waals surface area contributed by atoms with Gasteiger partial charge in [0.1, 0.15) is 11.5 Å². The fourth-order valence-corrected chi connectivity index (χ4v) is 3.01. The van der Waals surface area contributed by atoms with Crippen LogP contribution in [0.1, 0.15) is 31.4 Å². The average molecular weight is 403 g/mol. The summed E-state index contributed by atoms with van der Waals surface area (Å²) >= 11 is 0. The summed E-state index contributed by atoms with van der Waals surface area (Å²) in [5.41, 5.74) is 2.64. The average Bonchev–Trinajstić information content (AvgIpc) is 3.18. The van der Waals surface area contributed by atoms with E-state index in [0.29, 0.717) is 11.5 Å². The minimum atomic E-state index is -0.269. The van der Waals surface area contributed by atoms with Gasteiger partial charge in [-0.25, -0.2) is 0 Å². The van der Waals surface area contributed by atoms with Gasteiger partial charge in [0.15, 0.2) is 11.6 Å². The molecule has 2 aromatic carbocycles. The highest BCUT2D eigenvalue weighted by Gasteiger charge is 2.07. The van der Waals surface area contributed by atoms with Crippen LogP contribution < -0.4 is 9.47 Å². The van der Waals surface area contributed by atoms with Crippen LogP contribution in [0.3, 0.4) is 0 Å². The molecule has 0 saturated heterocycles. The maximum atomic E-state index is 12.2. The summed E-state index contributed by atoms with van der Waals surface area (Å²) in [5, 5.41) is 1.11. The highest BCUT2D eigenvalue weighted by molar-refractivity contribution is 6.11. The molecule has 3 rings (SSSR count). The topological polar surface area (TPSA) is 68.4 Å². The van der Waals surface area contributed by atoms with E-state index in [4.69, 9.17) is 9.47 Å². The lowest BCUT2D eigenvalue weighted by atomic mass is 10.1. The van der Waals surface area contributed by atoms with Gasteiger partial charge < -0.3 is 14.5 Å². The molecule has 0 bridgehead atoms. The van der Waals surface area contributed by atoms with Crippen LogP contribution in [-0.2, 0) is 9.59 Å². The first-order valence-corrected chi connectivity index (χ1v) is 9.78. The molecular formula is C25H25NO4. The molecule has 0 unspecified atom stereocenters. The van der Waals surface area contributed by atoms with Crippen LogP contribution in [0.2, 0.25) is 0 Å². The number of ketones is 2. The molecule has 0 aliphatic heterocycles. The van der Waals surface area contributed by atoms with Crippen LogP contribution >= 0.6 is 0 Å². The van der Waals surface area contributed by atoms with Gasteiger partial charge in [0.05, 0.1) is 19.6 Å². The monoisotopic (exact) mass is 403 g/mol.